The molecule has 0 saturated heterocycles. The van der Waals surface area contributed by atoms with E-state index in [1.807, 2.05) is 0 Å². The minimum absolute atomic E-state index is 0.263. The Bertz CT molecular complexity index is 2770. The van der Waals surface area contributed by atoms with Crippen LogP contribution in [0.1, 0.15) is 23.6 Å². The molecule has 268 valence electrons. The highest BCUT2D eigenvalue weighted by Gasteiger charge is 2.30. The number of hydrogen-bond donors (Lipinski definition) is 2. The summed E-state index contributed by atoms with van der Waals surface area (Å²) in [5, 5.41) is 10.2. The van der Waals surface area contributed by atoms with Gasteiger partial charge in [-0.1, -0.05) is 164 Å². The van der Waals surface area contributed by atoms with E-state index in [0.29, 0.717) is 0 Å². The van der Waals surface area contributed by atoms with Crippen LogP contribution in [0.5, 0.6) is 0 Å². The summed E-state index contributed by atoms with van der Waals surface area (Å²) >= 11 is 0. The van der Waals surface area contributed by atoms with E-state index in [9.17, 15) is 0 Å². The van der Waals surface area contributed by atoms with Gasteiger partial charge in [-0.2, -0.15) is 0 Å². The van der Waals surface area contributed by atoms with Crippen molar-refractivity contribution in [3.05, 3.63) is 223 Å². The first-order chi connectivity index (χ1) is 27.8. The number of anilines is 3. The van der Waals surface area contributed by atoms with Crippen LogP contribution in [-0.2, 0) is 0 Å². The molecule has 1 aliphatic heterocycles. The lowest BCUT2D eigenvalue weighted by Crippen LogP contribution is -2.46. The Hall–Kier alpha value is -7.21. The number of hydrogen-bond acceptors (Lipinski definition) is 4. The van der Waals surface area contributed by atoms with Gasteiger partial charge in [0.25, 0.3) is 0 Å². The summed E-state index contributed by atoms with van der Waals surface area (Å²) in [6, 6.07) is 75.1. The SMILES string of the molecule is c1ccc(C2=NC(n3c4ccccc4c4c(-c5ccccc5)cccc43)NC(c3ccccc3-c3cccc(N(c4ccccc4)c4ccccc4)c3)N2)cc1. The van der Waals surface area contributed by atoms with Crippen molar-refractivity contribution in [3.8, 4) is 22.3 Å². The molecule has 5 heteroatoms. The number of para-hydroxylation sites is 3. The van der Waals surface area contributed by atoms with Gasteiger partial charge >= 0.3 is 0 Å². The van der Waals surface area contributed by atoms with Crippen LogP contribution in [0.4, 0.5) is 17.1 Å². The number of aliphatic imine (C=N–C) groups is 1. The van der Waals surface area contributed by atoms with Crippen molar-refractivity contribution in [2.24, 2.45) is 4.99 Å². The maximum absolute atomic E-state index is 5.43. The molecule has 0 bridgehead atoms. The summed E-state index contributed by atoms with van der Waals surface area (Å²) in [5.74, 6) is 0.840. The van der Waals surface area contributed by atoms with Crippen molar-refractivity contribution in [2.75, 3.05) is 4.90 Å². The lowest BCUT2D eigenvalue weighted by molar-refractivity contribution is 0.342. The van der Waals surface area contributed by atoms with Crippen LogP contribution in [0.3, 0.4) is 0 Å². The third-order valence-electron chi connectivity index (χ3n) is 10.7. The standard InChI is InChI=1S/C51H39N5/c1-5-19-36(20-6-1)43-32-18-34-47-48(43)45-31-15-16-33-46(45)56(47)51-53-49(37-21-7-2-8-22-37)52-50(54-51)44-30-14-13-29-42(44)38-23-17-28-41(35-38)55(39-24-9-3-10-25-39)40-26-11-4-12-27-40/h1-35,50-51,54H,(H,52,53). The molecule has 0 amide bonds. The average molecular weight is 722 g/mol. The van der Waals surface area contributed by atoms with E-state index < -0.39 is 6.29 Å². The zero-order valence-corrected chi connectivity index (χ0v) is 30.7. The molecule has 9 aromatic rings. The second kappa shape index (κ2) is 14.6. The topological polar surface area (TPSA) is 44.6 Å². The van der Waals surface area contributed by atoms with Crippen LogP contribution in [0.25, 0.3) is 44.1 Å². The van der Waals surface area contributed by atoms with Crippen molar-refractivity contribution in [1.82, 2.24) is 15.2 Å². The number of fused-ring (bicyclic) bond motifs is 3. The molecular weight excluding hydrogens is 683 g/mol. The van der Waals surface area contributed by atoms with E-state index in [4.69, 9.17) is 4.99 Å². The van der Waals surface area contributed by atoms with Gasteiger partial charge in [-0.3, -0.25) is 5.32 Å². The van der Waals surface area contributed by atoms with E-state index in [1.54, 1.807) is 0 Å². The molecular formula is C51H39N5. The van der Waals surface area contributed by atoms with Crippen LogP contribution in [0.2, 0.25) is 0 Å². The lowest BCUT2D eigenvalue weighted by Gasteiger charge is -2.34. The zero-order valence-electron chi connectivity index (χ0n) is 30.7. The van der Waals surface area contributed by atoms with Gasteiger partial charge in [-0.15, -0.1) is 0 Å². The number of nitrogens with one attached hydrogen (secondary N) is 2. The fourth-order valence-electron chi connectivity index (χ4n) is 8.17. The highest BCUT2D eigenvalue weighted by Crippen LogP contribution is 2.41. The predicted octanol–water partition coefficient (Wildman–Crippen LogP) is 12.4. The van der Waals surface area contributed by atoms with Crippen molar-refractivity contribution in [3.63, 3.8) is 0 Å². The van der Waals surface area contributed by atoms with Crippen molar-refractivity contribution in [2.45, 2.75) is 12.5 Å². The summed E-state index contributed by atoms with van der Waals surface area (Å²) in [6.45, 7) is 0. The molecule has 5 nitrogen and oxygen atoms in total. The Kier molecular flexibility index (Phi) is 8.67. The second-order valence-corrected chi connectivity index (χ2v) is 14.1. The Morgan fingerprint density at radius 3 is 1.71 bits per heavy atom. The van der Waals surface area contributed by atoms with Gasteiger partial charge in [0.1, 0.15) is 12.0 Å². The summed E-state index contributed by atoms with van der Waals surface area (Å²) in [7, 11) is 0. The van der Waals surface area contributed by atoms with Crippen molar-refractivity contribution >= 4 is 44.7 Å². The maximum atomic E-state index is 5.43. The number of amidine groups is 1. The molecule has 1 aliphatic rings. The van der Waals surface area contributed by atoms with Gasteiger partial charge < -0.3 is 14.8 Å². The third kappa shape index (κ3) is 6.10. The summed E-state index contributed by atoms with van der Waals surface area (Å²) < 4.78 is 2.37. The fraction of sp³-hybridized carbons (Fsp3) is 0.0392. The summed E-state index contributed by atoms with van der Waals surface area (Å²) in [6.07, 6.45) is -0.670. The van der Waals surface area contributed by atoms with E-state index in [1.165, 1.54) is 21.9 Å². The van der Waals surface area contributed by atoms with Crippen LogP contribution in [-0.4, -0.2) is 10.4 Å². The monoisotopic (exact) mass is 721 g/mol. The molecule has 2 heterocycles. The van der Waals surface area contributed by atoms with Crippen LogP contribution in [0.15, 0.2) is 217 Å². The number of benzene rings is 8. The quantitative estimate of drug-likeness (QED) is 0.164. The van der Waals surface area contributed by atoms with Gasteiger partial charge in [-0.25, -0.2) is 4.99 Å². The van der Waals surface area contributed by atoms with Gasteiger partial charge in [0, 0.05) is 33.4 Å². The highest BCUT2D eigenvalue weighted by molar-refractivity contribution is 6.15. The van der Waals surface area contributed by atoms with Crippen LogP contribution >= 0.6 is 0 Å². The van der Waals surface area contributed by atoms with E-state index in [0.717, 1.165) is 56.2 Å². The maximum Gasteiger partial charge on any atom is 0.184 e. The largest absolute Gasteiger partial charge is 0.350 e. The van der Waals surface area contributed by atoms with Crippen molar-refractivity contribution < 1.29 is 0 Å². The molecule has 0 radical (unpaired) electrons. The van der Waals surface area contributed by atoms with Gasteiger partial charge in [0.15, 0.2) is 6.29 Å². The first-order valence-electron chi connectivity index (χ1n) is 19.1. The van der Waals surface area contributed by atoms with E-state index in [-0.39, 0.29) is 6.17 Å². The third-order valence-corrected chi connectivity index (χ3v) is 10.7. The normalized spacial score (nSPS) is 15.3. The smallest absolute Gasteiger partial charge is 0.184 e. The van der Waals surface area contributed by atoms with Gasteiger partial charge in [0.2, 0.25) is 0 Å². The fourth-order valence-corrected chi connectivity index (χ4v) is 8.17. The molecule has 10 rings (SSSR count). The molecule has 0 saturated carbocycles. The summed E-state index contributed by atoms with van der Waals surface area (Å²) in [5.41, 5.74) is 12.4. The van der Waals surface area contributed by atoms with E-state index >= 15 is 0 Å². The zero-order chi connectivity index (χ0) is 37.3. The Labute approximate surface area is 326 Å². The Morgan fingerprint density at radius 1 is 0.446 bits per heavy atom. The van der Waals surface area contributed by atoms with Crippen molar-refractivity contribution in [1.29, 1.82) is 0 Å². The van der Waals surface area contributed by atoms with E-state index in [2.05, 4.69) is 232 Å². The molecule has 56 heavy (non-hydrogen) atoms. The molecule has 0 fully saturated rings. The number of aromatic nitrogens is 1. The molecule has 2 unspecified atom stereocenters. The van der Waals surface area contributed by atoms with Crippen LogP contribution < -0.4 is 15.5 Å². The Balaban J connectivity index is 1.11. The minimum Gasteiger partial charge on any atom is -0.350 e. The van der Waals surface area contributed by atoms with Gasteiger partial charge in [-0.05, 0) is 76.3 Å². The molecule has 2 atom stereocenters. The first kappa shape index (κ1) is 33.4. The summed E-state index contributed by atoms with van der Waals surface area (Å²) in [4.78, 5) is 7.74. The van der Waals surface area contributed by atoms with Gasteiger partial charge in [0.05, 0.1) is 11.0 Å². The molecule has 1 aromatic heterocycles. The second-order valence-electron chi connectivity index (χ2n) is 14.1. The highest BCUT2D eigenvalue weighted by atomic mass is 15.4. The molecule has 2 N–H and O–H groups in total. The number of rotatable bonds is 8. The lowest BCUT2D eigenvalue weighted by atomic mass is 9.96. The minimum atomic E-state index is -0.407. The van der Waals surface area contributed by atoms with Crippen LogP contribution in [0, 0.1) is 0 Å². The average Bonchev–Trinajstić information content (AvgIpc) is 3.62. The number of nitrogens with zero attached hydrogens (tertiary/aromatic N) is 3. The molecule has 8 aromatic carbocycles. The Morgan fingerprint density at radius 2 is 0.982 bits per heavy atom. The molecule has 0 aliphatic carbocycles. The molecule has 0 spiro atoms. The predicted molar refractivity (Wildman–Crippen MR) is 232 cm³/mol. The first-order valence-corrected chi connectivity index (χ1v) is 19.1.